The fraction of sp³-hybridized carbons (Fsp3) is 0.846. The smallest absolute Gasteiger partial charge is 0.0839 e. The first kappa shape index (κ1) is 12.1. The van der Waals surface area contributed by atoms with Crippen LogP contribution in [0.2, 0.25) is 0 Å². The fourth-order valence-corrected chi connectivity index (χ4v) is 3.35. The molecule has 1 aromatic rings. The molecule has 1 aliphatic carbocycles. The first-order chi connectivity index (χ1) is 8.81. The Morgan fingerprint density at radius 3 is 3.06 bits per heavy atom. The Morgan fingerprint density at radius 2 is 2.28 bits per heavy atom. The van der Waals surface area contributed by atoms with Gasteiger partial charge in [0, 0.05) is 19.2 Å². The zero-order valence-electron chi connectivity index (χ0n) is 10.8. The summed E-state index contributed by atoms with van der Waals surface area (Å²) in [4.78, 5) is 0. The van der Waals surface area contributed by atoms with Crippen molar-refractivity contribution in [2.75, 3.05) is 13.2 Å². The molecule has 1 saturated carbocycles. The van der Waals surface area contributed by atoms with Crippen molar-refractivity contribution in [3.8, 4) is 0 Å². The Morgan fingerprint density at radius 1 is 1.44 bits per heavy atom. The zero-order valence-corrected chi connectivity index (χ0v) is 10.8. The Bertz CT molecular complexity index is 397. The lowest BCUT2D eigenvalue weighted by Crippen LogP contribution is -2.38. The summed E-state index contributed by atoms with van der Waals surface area (Å²) in [5.74, 6) is 0. The molecule has 3 rings (SSSR count). The lowest BCUT2D eigenvalue weighted by molar-refractivity contribution is -0.0911. The standard InChI is InChI=1S/C13H22N4O/c14-7-3-11-10-17(16-15-11)12-4-8-18-13(9-12)5-1-2-6-13/h10,12H,1-9,14H2. The van der Waals surface area contributed by atoms with Gasteiger partial charge in [-0.2, -0.15) is 0 Å². The van der Waals surface area contributed by atoms with Gasteiger partial charge in [0.15, 0.2) is 0 Å². The molecule has 1 atom stereocenters. The third kappa shape index (κ3) is 2.29. The fourth-order valence-electron chi connectivity index (χ4n) is 3.35. The number of hydrogen-bond donors (Lipinski definition) is 1. The second-order valence-corrected chi connectivity index (χ2v) is 5.61. The molecule has 1 saturated heterocycles. The molecule has 0 aromatic carbocycles. The van der Waals surface area contributed by atoms with Gasteiger partial charge in [-0.1, -0.05) is 18.1 Å². The van der Waals surface area contributed by atoms with Gasteiger partial charge in [0.1, 0.15) is 0 Å². The molecular formula is C13H22N4O. The molecule has 18 heavy (non-hydrogen) atoms. The van der Waals surface area contributed by atoms with Gasteiger partial charge in [-0.05, 0) is 32.2 Å². The monoisotopic (exact) mass is 250 g/mol. The van der Waals surface area contributed by atoms with Crippen molar-refractivity contribution in [3.05, 3.63) is 11.9 Å². The Labute approximate surface area is 108 Å². The van der Waals surface area contributed by atoms with Crippen LogP contribution in [0.4, 0.5) is 0 Å². The van der Waals surface area contributed by atoms with E-state index in [9.17, 15) is 0 Å². The average molecular weight is 250 g/mol. The maximum absolute atomic E-state index is 6.05. The van der Waals surface area contributed by atoms with Gasteiger partial charge in [0.2, 0.25) is 0 Å². The molecule has 2 fully saturated rings. The van der Waals surface area contributed by atoms with Crippen LogP contribution in [0.5, 0.6) is 0 Å². The first-order valence-electron chi connectivity index (χ1n) is 7.06. The summed E-state index contributed by atoms with van der Waals surface area (Å²) in [7, 11) is 0. The van der Waals surface area contributed by atoms with Gasteiger partial charge in [0.25, 0.3) is 0 Å². The highest BCUT2D eigenvalue weighted by Gasteiger charge is 2.40. The quantitative estimate of drug-likeness (QED) is 0.881. The van der Waals surface area contributed by atoms with Gasteiger partial charge in [0.05, 0.1) is 17.3 Å². The van der Waals surface area contributed by atoms with Crippen molar-refractivity contribution in [1.82, 2.24) is 15.0 Å². The summed E-state index contributed by atoms with van der Waals surface area (Å²) in [6, 6.07) is 0.455. The first-order valence-corrected chi connectivity index (χ1v) is 7.06. The van der Waals surface area contributed by atoms with Crippen LogP contribution in [0, 0.1) is 0 Å². The zero-order chi connectivity index (χ0) is 12.4. The minimum atomic E-state index is 0.142. The van der Waals surface area contributed by atoms with Crippen LogP contribution in [0.25, 0.3) is 0 Å². The molecule has 2 aliphatic rings. The van der Waals surface area contributed by atoms with Gasteiger partial charge in [-0.25, -0.2) is 4.68 Å². The number of rotatable bonds is 3. The third-order valence-electron chi connectivity index (χ3n) is 4.31. The molecule has 2 heterocycles. The second-order valence-electron chi connectivity index (χ2n) is 5.61. The summed E-state index contributed by atoms with van der Waals surface area (Å²) in [6.07, 6.45) is 10.1. The van der Waals surface area contributed by atoms with Crippen molar-refractivity contribution in [2.24, 2.45) is 5.73 Å². The highest BCUT2D eigenvalue weighted by atomic mass is 16.5. The van der Waals surface area contributed by atoms with Gasteiger partial charge < -0.3 is 10.5 Å². The lowest BCUT2D eigenvalue weighted by atomic mass is 9.89. The molecule has 2 N–H and O–H groups in total. The maximum atomic E-state index is 6.05. The van der Waals surface area contributed by atoms with E-state index in [0.717, 1.165) is 31.6 Å². The van der Waals surface area contributed by atoms with Gasteiger partial charge in [-0.3, -0.25) is 0 Å². The van der Waals surface area contributed by atoms with E-state index >= 15 is 0 Å². The molecule has 1 spiro atoms. The largest absolute Gasteiger partial charge is 0.375 e. The molecule has 100 valence electrons. The molecule has 1 unspecified atom stereocenters. The van der Waals surface area contributed by atoms with Crippen LogP contribution < -0.4 is 5.73 Å². The lowest BCUT2D eigenvalue weighted by Gasteiger charge is -2.38. The molecule has 1 aromatic heterocycles. The Hall–Kier alpha value is -0.940. The number of nitrogens with two attached hydrogens (primary N) is 1. The topological polar surface area (TPSA) is 66.0 Å². The molecule has 0 bridgehead atoms. The van der Waals surface area contributed by atoms with E-state index in [1.165, 1.54) is 25.7 Å². The molecule has 0 amide bonds. The predicted octanol–water partition coefficient (Wildman–Crippen LogP) is 1.44. The van der Waals surface area contributed by atoms with E-state index in [0.29, 0.717) is 12.6 Å². The third-order valence-corrected chi connectivity index (χ3v) is 4.31. The van der Waals surface area contributed by atoms with Crippen molar-refractivity contribution in [1.29, 1.82) is 0 Å². The molecule has 5 nitrogen and oxygen atoms in total. The minimum Gasteiger partial charge on any atom is -0.375 e. The SMILES string of the molecule is NCCc1cn(C2CCOC3(CCCC3)C2)nn1. The van der Waals surface area contributed by atoms with Crippen LogP contribution in [0.3, 0.4) is 0 Å². The second kappa shape index (κ2) is 4.97. The van der Waals surface area contributed by atoms with E-state index in [1.54, 1.807) is 0 Å². The average Bonchev–Trinajstić information content (AvgIpc) is 3.00. The summed E-state index contributed by atoms with van der Waals surface area (Å²) in [6.45, 7) is 1.49. The van der Waals surface area contributed by atoms with Crippen molar-refractivity contribution >= 4 is 0 Å². The van der Waals surface area contributed by atoms with Crippen molar-refractivity contribution in [2.45, 2.75) is 56.6 Å². The van der Waals surface area contributed by atoms with E-state index in [-0.39, 0.29) is 5.60 Å². The van der Waals surface area contributed by atoms with Crippen LogP contribution in [-0.2, 0) is 11.2 Å². The summed E-state index contributed by atoms with van der Waals surface area (Å²) in [5.41, 5.74) is 6.69. The van der Waals surface area contributed by atoms with Gasteiger partial charge in [-0.15, -0.1) is 5.10 Å². The molecular weight excluding hydrogens is 228 g/mol. The van der Waals surface area contributed by atoms with Crippen LogP contribution >= 0.6 is 0 Å². The van der Waals surface area contributed by atoms with Crippen LogP contribution in [0.1, 0.15) is 50.3 Å². The molecule has 1 aliphatic heterocycles. The summed E-state index contributed by atoms with van der Waals surface area (Å²) < 4.78 is 8.09. The highest BCUT2D eigenvalue weighted by molar-refractivity contribution is 4.97. The highest BCUT2D eigenvalue weighted by Crippen LogP contribution is 2.43. The van der Waals surface area contributed by atoms with E-state index in [1.807, 2.05) is 4.68 Å². The number of aromatic nitrogens is 3. The van der Waals surface area contributed by atoms with E-state index in [4.69, 9.17) is 10.5 Å². The maximum Gasteiger partial charge on any atom is 0.0839 e. The summed E-state index contributed by atoms with van der Waals surface area (Å²) >= 11 is 0. The van der Waals surface area contributed by atoms with E-state index < -0.39 is 0 Å². The van der Waals surface area contributed by atoms with Crippen LogP contribution in [0.15, 0.2) is 6.20 Å². The van der Waals surface area contributed by atoms with Crippen molar-refractivity contribution in [3.63, 3.8) is 0 Å². The van der Waals surface area contributed by atoms with Crippen molar-refractivity contribution < 1.29 is 4.74 Å². The normalized spacial score (nSPS) is 26.8. The number of hydrogen-bond acceptors (Lipinski definition) is 4. The molecule has 5 heteroatoms. The number of nitrogens with zero attached hydrogens (tertiary/aromatic N) is 3. The Balaban J connectivity index is 1.71. The van der Waals surface area contributed by atoms with E-state index in [2.05, 4.69) is 16.5 Å². The predicted molar refractivity (Wildman–Crippen MR) is 68.2 cm³/mol. The van der Waals surface area contributed by atoms with Crippen LogP contribution in [-0.4, -0.2) is 33.7 Å². The summed E-state index contributed by atoms with van der Waals surface area (Å²) in [5, 5.41) is 8.46. The molecule has 0 radical (unpaired) electrons. The minimum absolute atomic E-state index is 0.142. The number of ether oxygens (including phenoxy) is 1. The van der Waals surface area contributed by atoms with Gasteiger partial charge >= 0.3 is 0 Å². The Kier molecular flexibility index (Phi) is 3.35.